The van der Waals surface area contributed by atoms with Gasteiger partial charge >= 0.3 is 0 Å². The van der Waals surface area contributed by atoms with Gasteiger partial charge in [0.05, 0.1) is 11.1 Å². The summed E-state index contributed by atoms with van der Waals surface area (Å²) in [7, 11) is 0. The number of nitrogens with one attached hydrogen (secondary N) is 1. The number of carbonyl (C=O) groups is 4. The van der Waals surface area contributed by atoms with E-state index >= 15 is 0 Å². The molecule has 1 N–H and O–H groups in total. The fourth-order valence-corrected chi connectivity index (χ4v) is 2.85. The summed E-state index contributed by atoms with van der Waals surface area (Å²) < 4.78 is 5.23. The zero-order valence-electron chi connectivity index (χ0n) is 10.3. The first-order chi connectivity index (χ1) is 9.56. The third-order valence-electron chi connectivity index (χ3n) is 3.93. The van der Waals surface area contributed by atoms with Crippen LogP contribution in [0.1, 0.15) is 12.8 Å². The van der Waals surface area contributed by atoms with Gasteiger partial charge in [-0.15, -0.1) is 0 Å². The van der Waals surface area contributed by atoms with Gasteiger partial charge in [-0.3, -0.25) is 29.4 Å². The van der Waals surface area contributed by atoms with E-state index in [9.17, 15) is 19.2 Å². The predicted octanol–water partition coefficient (Wildman–Crippen LogP) is -1.21. The van der Waals surface area contributed by atoms with Crippen molar-refractivity contribution in [2.75, 3.05) is 0 Å². The van der Waals surface area contributed by atoms with Crippen molar-refractivity contribution in [2.45, 2.75) is 31.1 Å². The number of hydrogen-bond acceptors (Lipinski definition) is 5. The molecule has 0 aromatic rings. The topological polar surface area (TPSA) is 96.1 Å². The molecule has 3 saturated heterocycles. The number of carbonyl (C=O) groups excluding carboxylic acids is 4. The third kappa shape index (κ3) is 1.44. The summed E-state index contributed by atoms with van der Waals surface area (Å²) in [4.78, 5) is 48.6. The summed E-state index contributed by atoms with van der Waals surface area (Å²) in [6, 6.07) is -0.905. The summed E-state index contributed by atoms with van der Waals surface area (Å²) in [5.74, 6) is -1.94. The fourth-order valence-electron chi connectivity index (χ4n) is 2.85. The van der Waals surface area contributed by atoms with Gasteiger partial charge in [0.2, 0.25) is 11.8 Å². The molecule has 4 aliphatic rings. The molecule has 7 nitrogen and oxygen atoms in total. The molecule has 7 heteroatoms. The van der Waals surface area contributed by atoms with E-state index in [-0.39, 0.29) is 31.0 Å². The average molecular weight is 274 g/mol. The SMILES string of the molecule is O=C1CC[C@H](N2C(=O)C3=CC4OC4C=C3C2=O)C(=O)N1. The molecule has 2 unspecified atom stereocenters. The van der Waals surface area contributed by atoms with Gasteiger partial charge in [-0.05, 0) is 18.6 Å². The summed E-state index contributed by atoms with van der Waals surface area (Å²) >= 11 is 0. The molecule has 4 amide bonds. The predicted molar refractivity (Wildman–Crippen MR) is 62.9 cm³/mol. The second-order valence-electron chi connectivity index (χ2n) is 5.17. The molecule has 4 rings (SSSR count). The lowest BCUT2D eigenvalue weighted by molar-refractivity contribution is -0.149. The van der Waals surface area contributed by atoms with Crippen LogP contribution in [0.2, 0.25) is 0 Å². The molecule has 102 valence electrons. The Labute approximate surface area is 113 Å². The van der Waals surface area contributed by atoms with Crippen LogP contribution >= 0.6 is 0 Å². The standard InChI is InChI=1S/C13H10N2O5/c16-10-2-1-7(11(17)14-10)15-12(18)5-3-8-9(20-8)4-6(5)13(15)19/h3-4,7-9H,1-2H2,(H,14,16,17)/t7-,8?,9?/m0/s1. The number of piperidine rings is 1. The van der Waals surface area contributed by atoms with Gasteiger partial charge in [0.1, 0.15) is 18.2 Å². The lowest BCUT2D eigenvalue weighted by Crippen LogP contribution is -2.54. The van der Waals surface area contributed by atoms with E-state index in [2.05, 4.69) is 5.32 Å². The number of ether oxygens (including phenoxy) is 1. The van der Waals surface area contributed by atoms with E-state index < -0.39 is 23.8 Å². The van der Waals surface area contributed by atoms with Crippen LogP contribution < -0.4 is 5.32 Å². The summed E-state index contributed by atoms with van der Waals surface area (Å²) in [6.07, 6.45) is 3.30. The van der Waals surface area contributed by atoms with Crippen molar-refractivity contribution >= 4 is 23.6 Å². The maximum Gasteiger partial charge on any atom is 0.262 e. The highest BCUT2D eigenvalue weighted by Gasteiger charge is 2.51. The van der Waals surface area contributed by atoms with E-state index in [1.54, 1.807) is 12.2 Å². The Morgan fingerprint density at radius 2 is 1.65 bits per heavy atom. The van der Waals surface area contributed by atoms with Crippen molar-refractivity contribution in [1.82, 2.24) is 10.2 Å². The maximum absolute atomic E-state index is 12.3. The maximum atomic E-state index is 12.3. The first kappa shape index (κ1) is 11.5. The average Bonchev–Trinajstić information content (AvgIpc) is 3.13. The van der Waals surface area contributed by atoms with Gasteiger partial charge in [0.15, 0.2) is 0 Å². The minimum atomic E-state index is -0.905. The second-order valence-corrected chi connectivity index (χ2v) is 5.17. The second kappa shape index (κ2) is 3.63. The van der Waals surface area contributed by atoms with Crippen molar-refractivity contribution in [3.05, 3.63) is 23.3 Å². The van der Waals surface area contributed by atoms with Crippen molar-refractivity contribution in [3.8, 4) is 0 Å². The molecule has 3 heterocycles. The largest absolute Gasteiger partial charge is 0.361 e. The Kier molecular flexibility index (Phi) is 2.10. The number of fused-ring (bicyclic) bond motifs is 2. The number of epoxide rings is 1. The number of imide groups is 2. The zero-order chi connectivity index (χ0) is 14.0. The Bertz CT molecular complexity index is 611. The summed E-state index contributed by atoms with van der Waals surface area (Å²) in [5.41, 5.74) is 0.608. The van der Waals surface area contributed by atoms with Crippen LogP contribution in [0.3, 0.4) is 0 Å². The molecule has 0 aromatic carbocycles. The van der Waals surface area contributed by atoms with Crippen molar-refractivity contribution < 1.29 is 23.9 Å². The van der Waals surface area contributed by atoms with Crippen LogP contribution in [-0.2, 0) is 23.9 Å². The number of nitrogens with zero attached hydrogens (tertiary/aromatic N) is 1. The van der Waals surface area contributed by atoms with Gasteiger partial charge in [-0.1, -0.05) is 0 Å². The molecule has 3 atom stereocenters. The molecule has 3 fully saturated rings. The first-order valence-corrected chi connectivity index (χ1v) is 6.37. The van der Waals surface area contributed by atoms with Gasteiger partial charge in [0.25, 0.3) is 11.8 Å². The molecule has 0 aromatic heterocycles. The molecule has 0 radical (unpaired) electrons. The molecule has 0 spiro atoms. The normalized spacial score (nSPS) is 35.2. The van der Waals surface area contributed by atoms with E-state index in [1.165, 1.54) is 0 Å². The Balaban J connectivity index is 1.69. The van der Waals surface area contributed by atoms with E-state index in [0.717, 1.165) is 4.90 Å². The summed E-state index contributed by atoms with van der Waals surface area (Å²) in [5, 5.41) is 2.16. The van der Waals surface area contributed by atoms with Crippen LogP contribution in [-0.4, -0.2) is 46.8 Å². The van der Waals surface area contributed by atoms with Crippen molar-refractivity contribution in [3.63, 3.8) is 0 Å². The molecule has 20 heavy (non-hydrogen) atoms. The number of hydrogen-bond donors (Lipinski definition) is 1. The highest BCUT2D eigenvalue weighted by atomic mass is 16.6. The summed E-state index contributed by atoms with van der Waals surface area (Å²) in [6.45, 7) is 0. The molecule has 1 aliphatic carbocycles. The minimum Gasteiger partial charge on any atom is -0.361 e. The van der Waals surface area contributed by atoms with E-state index in [4.69, 9.17) is 4.74 Å². The number of rotatable bonds is 1. The molecule has 3 aliphatic heterocycles. The Morgan fingerprint density at radius 3 is 2.20 bits per heavy atom. The molecule has 0 bridgehead atoms. The number of amides is 4. The molecule has 0 saturated carbocycles. The smallest absolute Gasteiger partial charge is 0.262 e. The fraction of sp³-hybridized carbons (Fsp3) is 0.385. The lowest BCUT2D eigenvalue weighted by Gasteiger charge is -2.27. The minimum absolute atomic E-state index is 0.125. The monoisotopic (exact) mass is 274 g/mol. The van der Waals surface area contributed by atoms with Crippen LogP contribution in [0.5, 0.6) is 0 Å². The van der Waals surface area contributed by atoms with Crippen LogP contribution in [0, 0.1) is 0 Å². The third-order valence-corrected chi connectivity index (χ3v) is 3.93. The van der Waals surface area contributed by atoms with Crippen LogP contribution in [0.4, 0.5) is 0 Å². The quantitative estimate of drug-likeness (QED) is 0.478. The van der Waals surface area contributed by atoms with Crippen molar-refractivity contribution in [1.29, 1.82) is 0 Å². The Hall–Kier alpha value is -2.28. The highest BCUT2D eigenvalue weighted by Crippen LogP contribution is 2.39. The van der Waals surface area contributed by atoms with Crippen LogP contribution in [0.15, 0.2) is 23.3 Å². The van der Waals surface area contributed by atoms with E-state index in [0.29, 0.717) is 11.1 Å². The van der Waals surface area contributed by atoms with Crippen molar-refractivity contribution in [2.24, 2.45) is 0 Å². The lowest BCUT2D eigenvalue weighted by atomic mass is 10.0. The zero-order valence-corrected chi connectivity index (χ0v) is 10.3. The van der Waals surface area contributed by atoms with Gasteiger partial charge < -0.3 is 4.74 Å². The van der Waals surface area contributed by atoms with E-state index in [1.807, 2.05) is 0 Å². The van der Waals surface area contributed by atoms with Gasteiger partial charge in [-0.2, -0.15) is 0 Å². The van der Waals surface area contributed by atoms with Crippen LogP contribution in [0.25, 0.3) is 0 Å². The number of likely N-dealkylation sites (tertiary alicyclic amines) is 1. The van der Waals surface area contributed by atoms with Gasteiger partial charge in [-0.25, -0.2) is 0 Å². The Morgan fingerprint density at radius 1 is 1.05 bits per heavy atom. The molecular weight excluding hydrogens is 264 g/mol. The molecular formula is C13H10N2O5. The highest BCUT2D eigenvalue weighted by molar-refractivity contribution is 6.26. The first-order valence-electron chi connectivity index (χ1n) is 6.37. The van der Waals surface area contributed by atoms with Gasteiger partial charge in [0, 0.05) is 6.42 Å².